The minimum Gasteiger partial charge on any atom is -0.383 e. The lowest BCUT2D eigenvalue weighted by Crippen LogP contribution is -2.52. The van der Waals surface area contributed by atoms with Gasteiger partial charge in [0.05, 0.1) is 25.9 Å². The molecule has 0 saturated carbocycles. The number of carbonyl (C=O) groups excluding carboxylic acids is 1. The second-order valence-corrected chi connectivity index (χ2v) is 4.85. The molecule has 0 aliphatic carbocycles. The lowest BCUT2D eigenvalue weighted by Gasteiger charge is -2.36. The van der Waals surface area contributed by atoms with Gasteiger partial charge in [-0.1, -0.05) is 0 Å². The molecule has 1 N–H and O–H groups in total. The molecule has 100 valence electrons. The van der Waals surface area contributed by atoms with Gasteiger partial charge < -0.3 is 14.8 Å². The minimum atomic E-state index is 0.0514. The maximum Gasteiger partial charge on any atom is 0.234 e. The summed E-state index contributed by atoms with van der Waals surface area (Å²) in [6.07, 6.45) is 0.204. The molecule has 3 atom stereocenters. The first kappa shape index (κ1) is 14.4. The van der Waals surface area contributed by atoms with Crippen molar-refractivity contribution in [1.29, 1.82) is 0 Å². The second-order valence-electron chi connectivity index (χ2n) is 4.85. The van der Waals surface area contributed by atoms with Gasteiger partial charge in [0, 0.05) is 25.7 Å². The van der Waals surface area contributed by atoms with Gasteiger partial charge in [0.2, 0.25) is 5.91 Å². The lowest BCUT2D eigenvalue weighted by molar-refractivity contribution is -0.126. The molecule has 1 heterocycles. The van der Waals surface area contributed by atoms with Crippen molar-refractivity contribution in [2.45, 2.75) is 39.0 Å². The van der Waals surface area contributed by atoms with Crippen LogP contribution in [0.15, 0.2) is 0 Å². The van der Waals surface area contributed by atoms with Gasteiger partial charge in [-0.25, -0.2) is 0 Å². The van der Waals surface area contributed by atoms with E-state index in [-0.39, 0.29) is 18.1 Å². The fourth-order valence-electron chi connectivity index (χ4n) is 1.99. The Kier molecular flexibility index (Phi) is 5.88. The van der Waals surface area contributed by atoms with Gasteiger partial charge in [0.15, 0.2) is 0 Å². The summed E-state index contributed by atoms with van der Waals surface area (Å²) in [7, 11) is 1.63. The first-order chi connectivity index (χ1) is 8.02. The zero-order valence-electron chi connectivity index (χ0n) is 11.2. The molecule has 0 aromatic rings. The highest BCUT2D eigenvalue weighted by Crippen LogP contribution is 2.10. The minimum absolute atomic E-state index is 0.0514. The normalized spacial score (nSPS) is 27.8. The van der Waals surface area contributed by atoms with E-state index in [0.717, 1.165) is 6.54 Å². The van der Waals surface area contributed by atoms with Gasteiger partial charge in [0.1, 0.15) is 0 Å². The molecule has 1 amide bonds. The molecule has 17 heavy (non-hydrogen) atoms. The van der Waals surface area contributed by atoms with Gasteiger partial charge in [-0.2, -0.15) is 0 Å². The zero-order chi connectivity index (χ0) is 12.8. The Morgan fingerprint density at radius 1 is 1.59 bits per heavy atom. The van der Waals surface area contributed by atoms with E-state index in [9.17, 15) is 4.79 Å². The van der Waals surface area contributed by atoms with Crippen molar-refractivity contribution < 1.29 is 14.3 Å². The number of carbonyl (C=O) groups is 1. The third-order valence-corrected chi connectivity index (χ3v) is 2.91. The Morgan fingerprint density at radius 2 is 2.29 bits per heavy atom. The molecule has 0 radical (unpaired) electrons. The Labute approximate surface area is 103 Å². The Bertz CT molecular complexity index is 248. The molecule has 1 fully saturated rings. The predicted octanol–water partition coefficient (Wildman–Crippen LogP) is 0.247. The van der Waals surface area contributed by atoms with E-state index in [4.69, 9.17) is 9.47 Å². The van der Waals surface area contributed by atoms with Gasteiger partial charge >= 0.3 is 0 Å². The number of methoxy groups -OCH3 is 1. The number of nitrogens with zero attached hydrogens (tertiary/aromatic N) is 1. The summed E-state index contributed by atoms with van der Waals surface area (Å²) in [4.78, 5) is 14.0. The van der Waals surface area contributed by atoms with Crippen LogP contribution in [0.5, 0.6) is 0 Å². The monoisotopic (exact) mass is 244 g/mol. The number of morpholine rings is 1. The first-order valence-electron chi connectivity index (χ1n) is 6.17. The number of hydrogen-bond acceptors (Lipinski definition) is 4. The largest absolute Gasteiger partial charge is 0.383 e. The predicted molar refractivity (Wildman–Crippen MR) is 65.9 cm³/mol. The average molecular weight is 244 g/mol. The van der Waals surface area contributed by atoms with E-state index in [1.165, 1.54) is 0 Å². The molecule has 5 heteroatoms. The average Bonchev–Trinajstić information content (AvgIpc) is 2.23. The van der Waals surface area contributed by atoms with E-state index >= 15 is 0 Å². The number of hydrogen-bond donors (Lipinski definition) is 1. The van der Waals surface area contributed by atoms with Crippen LogP contribution < -0.4 is 5.32 Å². The zero-order valence-corrected chi connectivity index (χ0v) is 11.2. The Hall–Kier alpha value is -0.650. The third-order valence-electron chi connectivity index (χ3n) is 2.91. The summed E-state index contributed by atoms with van der Waals surface area (Å²) in [6, 6.07) is 0.357. The third kappa shape index (κ3) is 5.02. The van der Waals surface area contributed by atoms with Crippen LogP contribution in [0.2, 0.25) is 0 Å². The van der Waals surface area contributed by atoms with Gasteiger partial charge in [0.25, 0.3) is 0 Å². The van der Waals surface area contributed by atoms with Crippen LogP contribution in [0.1, 0.15) is 20.8 Å². The molecule has 0 unspecified atom stereocenters. The summed E-state index contributed by atoms with van der Waals surface area (Å²) < 4.78 is 10.5. The quantitative estimate of drug-likeness (QED) is 0.753. The molecule has 5 nitrogen and oxygen atoms in total. The molecule has 0 bridgehead atoms. The SMILES string of the molecule is COC[C@H](C)NC(=O)CN1C[C@@H](C)OC[C@H]1C. The molecule has 1 saturated heterocycles. The highest BCUT2D eigenvalue weighted by atomic mass is 16.5. The van der Waals surface area contributed by atoms with E-state index in [1.807, 2.05) is 13.8 Å². The Balaban J connectivity index is 2.33. The highest BCUT2D eigenvalue weighted by molar-refractivity contribution is 5.78. The van der Waals surface area contributed by atoms with E-state index in [2.05, 4.69) is 17.1 Å². The van der Waals surface area contributed by atoms with Crippen molar-refractivity contribution in [3.05, 3.63) is 0 Å². The number of rotatable bonds is 5. The van der Waals surface area contributed by atoms with Crippen LogP contribution in [-0.2, 0) is 14.3 Å². The first-order valence-corrected chi connectivity index (χ1v) is 6.17. The standard InChI is InChI=1S/C12H24N2O3/c1-9(7-16-4)13-12(15)6-14-5-11(3)17-8-10(14)2/h9-11H,5-8H2,1-4H3,(H,13,15)/t9-,10+,11+/m0/s1. The topological polar surface area (TPSA) is 50.8 Å². The van der Waals surface area contributed by atoms with Crippen LogP contribution in [0, 0.1) is 0 Å². The maximum atomic E-state index is 11.8. The second kappa shape index (κ2) is 6.93. The van der Waals surface area contributed by atoms with Crippen molar-refractivity contribution in [1.82, 2.24) is 10.2 Å². The molecular formula is C12H24N2O3. The van der Waals surface area contributed by atoms with Crippen molar-refractivity contribution in [2.24, 2.45) is 0 Å². The molecule has 0 aromatic carbocycles. The summed E-state index contributed by atoms with van der Waals surface area (Å²) in [5.74, 6) is 0.0514. The van der Waals surface area contributed by atoms with E-state index in [1.54, 1.807) is 7.11 Å². The van der Waals surface area contributed by atoms with E-state index in [0.29, 0.717) is 25.8 Å². The molecule has 0 aromatic heterocycles. The summed E-state index contributed by atoms with van der Waals surface area (Å²) >= 11 is 0. The van der Waals surface area contributed by atoms with Crippen molar-refractivity contribution in [3.8, 4) is 0 Å². The van der Waals surface area contributed by atoms with Crippen molar-refractivity contribution in [3.63, 3.8) is 0 Å². The fourth-order valence-corrected chi connectivity index (χ4v) is 1.99. The van der Waals surface area contributed by atoms with Crippen molar-refractivity contribution >= 4 is 5.91 Å². The lowest BCUT2D eigenvalue weighted by atomic mass is 10.2. The van der Waals surface area contributed by atoms with Crippen LogP contribution in [0.3, 0.4) is 0 Å². The molecule has 1 rings (SSSR count). The molecule has 0 spiro atoms. The summed E-state index contributed by atoms with van der Waals surface area (Å²) in [5, 5.41) is 2.92. The summed E-state index contributed by atoms with van der Waals surface area (Å²) in [5.41, 5.74) is 0. The van der Waals surface area contributed by atoms with Gasteiger partial charge in [-0.3, -0.25) is 9.69 Å². The Morgan fingerprint density at radius 3 is 2.94 bits per heavy atom. The molecule has 1 aliphatic heterocycles. The van der Waals surface area contributed by atoms with E-state index < -0.39 is 0 Å². The maximum absolute atomic E-state index is 11.8. The summed E-state index contributed by atoms with van der Waals surface area (Å²) in [6.45, 7) is 8.54. The number of amides is 1. The van der Waals surface area contributed by atoms with Crippen LogP contribution in [-0.4, -0.2) is 62.4 Å². The van der Waals surface area contributed by atoms with Gasteiger partial charge in [-0.15, -0.1) is 0 Å². The van der Waals surface area contributed by atoms with Crippen LogP contribution >= 0.6 is 0 Å². The fraction of sp³-hybridized carbons (Fsp3) is 0.917. The van der Waals surface area contributed by atoms with Gasteiger partial charge in [-0.05, 0) is 20.8 Å². The number of ether oxygens (including phenoxy) is 2. The van der Waals surface area contributed by atoms with Crippen LogP contribution in [0.25, 0.3) is 0 Å². The van der Waals surface area contributed by atoms with Crippen molar-refractivity contribution in [2.75, 3.05) is 33.4 Å². The highest BCUT2D eigenvalue weighted by Gasteiger charge is 2.25. The molecular weight excluding hydrogens is 220 g/mol. The smallest absolute Gasteiger partial charge is 0.234 e. The molecule has 1 aliphatic rings. The van der Waals surface area contributed by atoms with Crippen LogP contribution in [0.4, 0.5) is 0 Å². The number of nitrogens with one attached hydrogen (secondary N) is 1.